The van der Waals surface area contributed by atoms with Gasteiger partial charge in [0.25, 0.3) is 5.91 Å². The van der Waals surface area contributed by atoms with Crippen molar-refractivity contribution in [2.45, 2.75) is 32.9 Å². The summed E-state index contributed by atoms with van der Waals surface area (Å²) >= 11 is 0. The van der Waals surface area contributed by atoms with E-state index in [1.807, 2.05) is 36.4 Å². The molecular formula is C18H23N3O. The van der Waals surface area contributed by atoms with Gasteiger partial charge < -0.3 is 10.2 Å². The van der Waals surface area contributed by atoms with Gasteiger partial charge in [0, 0.05) is 31.5 Å². The van der Waals surface area contributed by atoms with Crippen LogP contribution < -0.4 is 5.32 Å². The number of aromatic nitrogens is 1. The van der Waals surface area contributed by atoms with Gasteiger partial charge in [-0.05, 0) is 32.4 Å². The van der Waals surface area contributed by atoms with Crippen molar-refractivity contribution in [2.75, 3.05) is 12.4 Å². The van der Waals surface area contributed by atoms with Crippen LogP contribution in [0.15, 0.2) is 48.8 Å². The number of carbonyl (C=O) groups excluding carboxylic acids is 1. The molecule has 0 radical (unpaired) electrons. The Kier molecular flexibility index (Phi) is 4.81. The molecule has 1 aromatic heterocycles. The molecule has 0 aliphatic heterocycles. The number of hydrogen-bond acceptors (Lipinski definition) is 3. The summed E-state index contributed by atoms with van der Waals surface area (Å²) in [6.45, 7) is 6.80. The molecule has 2 rings (SSSR count). The van der Waals surface area contributed by atoms with Crippen LogP contribution in [-0.2, 0) is 6.54 Å². The first kappa shape index (κ1) is 16.0. The Morgan fingerprint density at radius 1 is 1.18 bits per heavy atom. The molecule has 0 aliphatic carbocycles. The number of rotatable bonds is 4. The lowest BCUT2D eigenvalue weighted by atomic mass is 10.1. The molecule has 1 amide bonds. The Morgan fingerprint density at radius 2 is 1.86 bits per heavy atom. The highest BCUT2D eigenvalue weighted by Crippen LogP contribution is 2.16. The van der Waals surface area contributed by atoms with E-state index >= 15 is 0 Å². The maximum atomic E-state index is 12.5. The van der Waals surface area contributed by atoms with Crippen molar-refractivity contribution in [3.05, 3.63) is 59.9 Å². The Bertz CT molecular complexity index is 632. The van der Waals surface area contributed by atoms with E-state index in [4.69, 9.17) is 0 Å². The van der Waals surface area contributed by atoms with Crippen LogP contribution in [0.4, 0.5) is 5.69 Å². The van der Waals surface area contributed by atoms with Crippen molar-refractivity contribution in [3.63, 3.8) is 0 Å². The molecule has 4 nitrogen and oxygen atoms in total. The fraction of sp³-hybridized carbons (Fsp3) is 0.333. The second-order valence-electron chi connectivity index (χ2n) is 6.48. The van der Waals surface area contributed by atoms with Crippen molar-refractivity contribution in [2.24, 2.45) is 0 Å². The molecule has 0 bridgehead atoms. The molecule has 0 saturated carbocycles. The second kappa shape index (κ2) is 6.60. The van der Waals surface area contributed by atoms with Gasteiger partial charge in [-0.2, -0.15) is 0 Å². The van der Waals surface area contributed by atoms with E-state index in [0.29, 0.717) is 12.1 Å². The summed E-state index contributed by atoms with van der Waals surface area (Å²) in [4.78, 5) is 18.4. The highest BCUT2D eigenvalue weighted by atomic mass is 16.2. The van der Waals surface area contributed by atoms with E-state index in [9.17, 15) is 4.79 Å². The highest BCUT2D eigenvalue weighted by molar-refractivity contribution is 5.94. The number of anilines is 1. The minimum absolute atomic E-state index is 0.0334. The third-order valence-corrected chi connectivity index (χ3v) is 3.11. The largest absolute Gasteiger partial charge is 0.379 e. The summed E-state index contributed by atoms with van der Waals surface area (Å²) in [5.41, 5.74) is 2.48. The monoisotopic (exact) mass is 297 g/mol. The van der Waals surface area contributed by atoms with E-state index in [1.54, 1.807) is 24.3 Å². The van der Waals surface area contributed by atoms with Gasteiger partial charge in [-0.1, -0.05) is 30.3 Å². The molecule has 0 atom stereocenters. The third kappa shape index (κ3) is 4.58. The van der Waals surface area contributed by atoms with Crippen LogP contribution in [0.3, 0.4) is 0 Å². The quantitative estimate of drug-likeness (QED) is 0.938. The number of amides is 1. The first-order valence-corrected chi connectivity index (χ1v) is 7.38. The molecular weight excluding hydrogens is 274 g/mol. The molecule has 0 fully saturated rings. The van der Waals surface area contributed by atoms with E-state index < -0.39 is 0 Å². The lowest BCUT2D eigenvalue weighted by Crippen LogP contribution is -2.28. The molecule has 116 valence electrons. The van der Waals surface area contributed by atoms with Crippen LogP contribution >= 0.6 is 0 Å². The molecule has 1 heterocycles. The van der Waals surface area contributed by atoms with Gasteiger partial charge in [-0.3, -0.25) is 9.78 Å². The van der Waals surface area contributed by atoms with Gasteiger partial charge in [-0.25, -0.2) is 0 Å². The van der Waals surface area contributed by atoms with Crippen molar-refractivity contribution >= 4 is 11.6 Å². The maximum absolute atomic E-state index is 12.5. The lowest BCUT2D eigenvalue weighted by Gasteiger charge is -2.22. The Balaban J connectivity index is 2.10. The van der Waals surface area contributed by atoms with Crippen LogP contribution in [0.25, 0.3) is 0 Å². The summed E-state index contributed by atoms with van der Waals surface area (Å²) in [7, 11) is 1.80. The number of hydrogen-bond donors (Lipinski definition) is 1. The van der Waals surface area contributed by atoms with E-state index in [-0.39, 0.29) is 11.4 Å². The maximum Gasteiger partial charge on any atom is 0.255 e. The predicted octanol–water partition coefficient (Wildman–Crippen LogP) is 3.56. The van der Waals surface area contributed by atoms with Gasteiger partial charge in [-0.15, -0.1) is 0 Å². The average molecular weight is 297 g/mol. The van der Waals surface area contributed by atoms with Crippen LogP contribution in [0, 0.1) is 0 Å². The van der Waals surface area contributed by atoms with Crippen LogP contribution in [0.5, 0.6) is 0 Å². The Morgan fingerprint density at radius 3 is 2.50 bits per heavy atom. The van der Waals surface area contributed by atoms with Crippen LogP contribution in [-0.4, -0.2) is 28.4 Å². The van der Waals surface area contributed by atoms with E-state index in [0.717, 1.165) is 11.3 Å². The van der Waals surface area contributed by atoms with E-state index in [2.05, 4.69) is 31.1 Å². The summed E-state index contributed by atoms with van der Waals surface area (Å²) in [6.07, 6.45) is 3.34. The minimum atomic E-state index is -0.0701. The SMILES string of the molecule is CN(Cc1ccccc1)C(=O)c1cncc(NC(C)(C)C)c1. The van der Waals surface area contributed by atoms with Gasteiger partial charge in [0.05, 0.1) is 11.3 Å². The smallest absolute Gasteiger partial charge is 0.255 e. The summed E-state index contributed by atoms with van der Waals surface area (Å²) in [6, 6.07) is 11.8. The van der Waals surface area contributed by atoms with Gasteiger partial charge in [0.15, 0.2) is 0 Å². The zero-order chi connectivity index (χ0) is 16.2. The number of nitrogens with one attached hydrogen (secondary N) is 1. The normalized spacial score (nSPS) is 11.1. The van der Waals surface area contributed by atoms with Crippen molar-refractivity contribution in [1.82, 2.24) is 9.88 Å². The first-order chi connectivity index (χ1) is 10.3. The predicted molar refractivity (Wildman–Crippen MR) is 89.9 cm³/mol. The molecule has 22 heavy (non-hydrogen) atoms. The van der Waals surface area contributed by atoms with Crippen molar-refractivity contribution < 1.29 is 4.79 Å². The number of carbonyl (C=O) groups is 1. The van der Waals surface area contributed by atoms with Gasteiger partial charge in [0.1, 0.15) is 0 Å². The molecule has 0 aliphatic rings. The lowest BCUT2D eigenvalue weighted by molar-refractivity contribution is 0.0784. The minimum Gasteiger partial charge on any atom is -0.379 e. The number of pyridine rings is 1. The van der Waals surface area contributed by atoms with E-state index in [1.165, 1.54) is 0 Å². The average Bonchev–Trinajstić information content (AvgIpc) is 2.46. The molecule has 1 N–H and O–H groups in total. The molecule has 4 heteroatoms. The highest BCUT2D eigenvalue weighted by Gasteiger charge is 2.15. The standard InChI is InChI=1S/C18H23N3O/c1-18(2,3)20-16-10-15(11-19-12-16)17(22)21(4)13-14-8-6-5-7-9-14/h5-12,20H,13H2,1-4H3. The Hall–Kier alpha value is -2.36. The van der Waals surface area contributed by atoms with Crippen molar-refractivity contribution in [3.8, 4) is 0 Å². The number of benzene rings is 1. The fourth-order valence-electron chi connectivity index (χ4n) is 2.21. The second-order valence-corrected chi connectivity index (χ2v) is 6.48. The zero-order valence-electron chi connectivity index (χ0n) is 13.6. The van der Waals surface area contributed by atoms with Crippen LogP contribution in [0.2, 0.25) is 0 Å². The third-order valence-electron chi connectivity index (χ3n) is 3.11. The zero-order valence-corrected chi connectivity index (χ0v) is 13.6. The Labute approximate surface area is 132 Å². The fourth-order valence-corrected chi connectivity index (χ4v) is 2.21. The number of nitrogens with zero attached hydrogens (tertiary/aromatic N) is 2. The molecule has 0 saturated heterocycles. The summed E-state index contributed by atoms with van der Waals surface area (Å²) in [5.74, 6) is -0.0334. The first-order valence-electron chi connectivity index (χ1n) is 7.38. The molecule has 2 aromatic rings. The van der Waals surface area contributed by atoms with Gasteiger partial charge in [0.2, 0.25) is 0 Å². The van der Waals surface area contributed by atoms with Crippen molar-refractivity contribution in [1.29, 1.82) is 0 Å². The molecule has 1 aromatic carbocycles. The topological polar surface area (TPSA) is 45.2 Å². The molecule has 0 unspecified atom stereocenters. The summed E-state index contributed by atoms with van der Waals surface area (Å²) < 4.78 is 0. The molecule has 0 spiro atoms. The van der Waals surface area contributed by atoms with Crippen LogP contribution in [0.1, 0.15) is 36.7 Å². The van der Waals surface area contributed by atoms with Gasteiger partial charge >= 0.3 is 0 Å². The summed E-state index contributed by atoms with van der Waals surface area (Å²) in [5, 5.41) is 3.33.